The largest absolute Gasteiger partial charge is 0.481 e. The molecule has 0 saturated heterocycles. The van der Waals surface area contributed by atoms with Gasteiger partial charge in [0.15, 0.2) is 0 Å². The summed E-state index contributed by atoms with van der Waals surface area (Å²) in [4.78, 5) is 15.2. The van der Waals surface area contributed by atoms with Gasteiger partial charge in [0.25, 0.3) is 0 Å². The van der Waals surface area contributed by atoms with Crippen LogP contribution in [-0.4, -0.2) is 16.1 Å². The van der Waals surface area contributed by atoms with Crippen LogP contribution >= 0.6 is 0 Å². The molecular weight excluding hydrogens is 202 g/mol. The lowest BCUT2D eigenvalue weighted by Gasteiger charge is -2.07. The number of pyridine rings is 1. The number of fused-ring (bicyclic) bond motifs is 1. The Morgan fingerprint density at radius 1 is 1.31 bits per heavy atom. The van der Waals surface area contributed by atoms with Gasteiger partial charge in [0.05, 0.1) is 11.4 Å². The van der Waals surface area contributed by atoms with E-state index in [0.717, 1.165) is 22.2 Å². The predicted molar refractivity (Wildman–Crippen MR) is 62.5 cm³/mol. The van der Waals surface area contributed by atoms with E-state index in [9.17, 15) is 4.79 Å². The van der Waals surface area contributed by atoms with Gasteiger partial charge in [-0.1, -0.05) is 12.1 Å². The second-order valence-corrected chi connectivity index (χ2v) is 3.96. The second-order valence-electron chi connectivity index (χ2n) is 3.96. The summed E-state index contributed by atoms with van der Waals surface area (Å²) in [6, 6.07) is 9.48. The number of rotatable bonds is 2. The summed E-state index contributed by atoms with van der Waals surface area (Å²) < 4.78 is 0. The number of hydrogen-bond donors (Lipinski definition) is 1. The second kappa shape index (κ2) is 3.93. The molecule has 1 N–H and O–H groups in total. The van der Waals surface area contributed by atoms with Gasteiger partial charge in [0.1, 0.15) is 0 Å². The number of benzene rings is 1. The zero-order valence-electron chi connectivity index (χ0n) is 9.27. The summed E-state index contributed by atoms with van der Waals surface area (Å²) in [5, 5.41) is 9.92. The van der Waals surface area contributed by atoms with Crippen LogP contribution in [0.25, 0.3) is 10.9 Å². The summed E-state index contributed by atoms with van der Waals surface area (Å²) in [6.45, 7) is 3.62. The molecule has 1 heterocycles. The summed E-state index contributed by atoms with van der Waals surface area (Å²) in [5.41, 5.74) is 2.68. The number of carboxylic acid groups (broad SMARTS) is 1. The Bertz CT molecular complexity index is 549. The quantitative estimate of drug-likeness (QED) is 0.838. The first kappa shape index (κ1) is 10.6. The standard InChI is InChI=1S/C13H13NO2/c1-8-3-4-11-7-10(9(2)13(15)16)5-6-12(11)14-8/h3-7,9H,1-2H3,(H,15,16). The lowest BCUT2D eigenvalue weighted by molar-refractivity contribution is -0.138. The highest BCUT2D eigenvalue weighted by Gasteiger charge is 2.13. The van der Waals surface area contributed by atoms with E-state index in [0.29, 0.717) is 0 Å². The van der Waals surface area contributed by atoms with Crippen LogP contribution in [0.5, 0.6) is 0 Å². The number of aryl methyl sites for hydroxylation is 1. The molecule has 1 unspecified atom stereocenters. The van der Waals surface area contributed by atoms with Crippen molar-refractivity contribution in [1.29, 1.82) is 0 Å². The summed E-state index contributed by atoms with van der Waals surface area (Å²) in [5.74, 6) is -1.29. The van der Waals surface area contributed by atoms with E-state index in [1.165, 1.54) is 0 Å². The minimum Gasteiger partial charge on any atom is -0.481 e. The molecule has 82 valence electrons. The molecule has 0 fully saturated rings. The van der Waals surface area contributed by atoms with Crippen molar-refractivity contribution in [3.63, 3.8) is 0 Å². The maximum absolute atomic E-state index is 10.9. The highest BCUT2D eigenvalue weighted by Crippen LogP contribution is 2.21. The number of carbonyl (C=O) groups is 1. The van der Waals surface area contributed by atoms with Gasteiger partial charge in [0.2, 0.25) is 0 Å². The van der Waals surface area contributed by atoms with Crippen LogP contribution in [-0.2, 0) is 4.79 Å². The van der Waals surface area contributed by atoms with Crippen molar-refractivity contribution >= 4 is 16.9 Å². The fraction of sp³-hybridized carbons (Fsp3) is 0.231. The lowest BCUT2D eigenvalue weighted by atomic mass is 9.99. The van der Waals surface area contributed by atoms with Crippen molar-refractivity contribution in [3.05, 3.63) is 41.6 Å². The highest BCUT2D eigenvalue weighted by molar-refractivity contribution is 5.82. The minimum atomic E-state index is -0.806. The molecular formula is C13H13NO2. The molecule has 0 amide bonds. The maximum atomic E-state index is 10.9. The van der Waals surface area contributed by atoms with E-state index in [1.807, 2.05) is 37.3 Å². The molecule has 0 spiro atoms. The Morgan fingerprint density at radius 2 is 2.06 bits per heavy atom. The zero-order chi connectivity index (χ0) is 11.7. The Labute approximate surface area is 93.7 Å². The molecule has 1 aromatic carbocycles. The Balaban J connectivity index is 2.52. The summed E-state index contributed by atoms with van der Waals surface area (Å²) in [7, 11) is 0. The molecule has 0 radical (unpaired) electrons. The van der Waals surface area contributed by atoms with Crippen molar-refractivity contribution in [1.82, 2.24) is 4.98 Å². The van der Waals surface area contributed by atoms with Gasteiger partial charge < -0.3 is 5.11 Å². The Kier molecular flexibility index (Phi) is 2.60. The SMILES string of the molecule is Cc1ccc2cc(C(C)C(=O)O)ccc2n1. The van der Waals surface area contributed by atoms with Crippen LogP contribution in [0.4, 0.5) is 0 Å². The van der Waals surface area contributed by atoms with Crippen LogP contribution in [0.3, 0.4) is 0 Å². The number of nitrogens with zero attached hydrogens (tertiary/aromatic N) is 1. The zero-order valence-corrected chi connectivity index (χ0v) is 9.27. The Morgan fingerprint density at radius 3 is 2.75 bits per heavy atom. The molecule has 0 aliphatic rings. The van der Waals surface area contributed by atoms with Gasteiger partial charge in [-0.3, -0.25) is 9.78 Å². The molecule has 1 aromatic heterocycles. The third kappa shape index (κ3) is 1.89. The van der Waals surface area contributed by atoms with Gasteiger partial charge in [-0.15, -0.1) is 0 Å². The van der Waals surface area contributed by atoms with Gasteiger partial charge in [-0.25, -0.2) is 0 Å². The van der Waals surface area contributed by atoms with Crippen LogP contribution in [0.2, 0.25) is 0 Å². The van der Waals surface area contributed by atoms with E-state index < -0.39 is 11.9 Å². The van der Waals surface area contributed by atoms with Crippen LogP contribution in [0.1, 0.15) is 24.1 Å². The van der Waals surface area contributed by atoms with Crippen molar-refractivity contribution in [2.24, 2.45) is 0 Å². The van der Waals surface area contributed by atoms with E-state index >= 15 is 0 Å². The number of hydrogen-bond acceptors (Lipinski definition) is 2. The number of aliphatic carboxylic acids is 1. The topological polar surface area (TPSA) is 50.2 Å². The Hall–Kier alpha value is -1.90. The monoisotopic (exact) mass is 215 g/mol. The fourth-order valence-electron chi connectivity index (χ4n) is 1.66. The van der Waals surface area contributed by atoms with E-state index in [2.05, 4.69) is 4.98 Å². The van der Waals surface area contributed by atoms with Crippen LogP contribution < -0.4 is 0 Å². The normalized spacial score (nSPS) is 12.6. The molecule has 2 rings (SSSR count). The molecule has 0 aliphatic heterocycles. The van der Waals surface area contributed by atoms with Gasteiger partial charge >= 0.3 is 5.97 Å². The lowest BCUT2D eigenvalue weighted by Crippen LogP contribution is -2.07. The van der Waals surface area contributed by atoms with E-state index in [-0.39, 0.29) is 0 Å². The van der Waals surface area contributed by atoms with Crippen molar-refractivity contribution < 1.29 is 9.90 Å². The summed E-state index contributed by atoms with van der Waals surface area (Å²) >= 11 is 0. The molecule has 0 saturated carbocycles. The van der Waals surface area contributed by atoms with Gasteiger partial charge in [0, 0.05) is 11.1 Å². The molecule has 3 heteroatoms. The predicted octanol–water partition coefficient (Wildman–Crippen LogP) is 2.73. The van der Waals surface area contributed by atoms with Crippen molar-refractivity contribution in [2.45, 2.75) is 19.8 Å². The maximum Gasteiger partial charge on any atom is 0.310 e. The fourth-order valence-corrected chi connectivity index (χ4v) is 1.66. The molecule has 16 heavy (non-hydrogen) atoms. The average Bonchev–Trinajstić information content (AvgIpc) is 2.27. The first-order valence-corrected chi connectivity index (χ1v) is 5.18. The van der Waals surface area contributed by atoms with Gasteiger partial charge in [-0.05, 0) is 37.6 Å². The smallest absolute Gasteiger partial charge is 0.310 e. The average molecular weight is 215 g/mol. The number of aromatic nitrogens is 1. The van der Waals surface area contributed by atoms with Crippen LogP contribution in [0.15, 0.2) is 30.3 Å². The first-order valence-electron chi connectivity index (χ1n) is 5.18. The molecule has 2 aromatic rings. The first-order chi connectivity index (χ1) is 7.58. The van der Waals surface area contributed by atoms with Crippen LogP contribution in [0, 0.1) is 6.92 Å². The molecule has 1 atom stereocenters. The summed E-state index contributed by atoms with van der Waals surface area (Å²) in [6.07, 6.45) is 0. The third-order valence-electron chi connectivity index (χ3n) is 2.72. The van der Waals surface area contributed by atoms with E-state index in [1.54, 1.807) is 6.92 Å². The highest BCUT2D eigenvalue weighted by atomic mass is 16.4. The minimum absolute atomic E-state index is 0.481. The van der Waals surface area contributed by atoms with Crippen molar-refractivity contribution in [3.8, 4) is 0 Å². The number of carboxylic acids is 1. The van der Waals surface area contributed by atoms with Crippen molar-refractivity contribution in [2.75, 3.05) is 0 Å². The molecule has 0 aliphatic carbocycles. The van der Waals surface area contributed by atoms with E-state index in [4.69, 9.17) is 5.11 Å². The third-order valence-corrected chi connectivity index (χ3v) is 2.72. The van der Waals surface area contributed by atoms with Gasteiger partial charge in [-0.2, -0.15) is 0 Å². The molecule has 3 nitrogen and oxygen atoms in total. The molecule has 0 bridgehead atoms.